The van der Waals surface area contributed by atoms with Crippen molar-refractivity contribution in [1.82, 2.24) is 15.2 Å². The molecule has 2 aromatic rings. The number of aliphatic imine (C=N–C) groups is 1. The van der Waals surface area contributed by atoms with Gasteiger partial charge in [-0.3, -0.25) is 0 Å². The minimum Gasteiger partial charge on any atom is -0.475 e. The third-order valence-electron chi connectivity index (χ3n) is 3.75. The molecule has 1 heterocycles. The summed E-state index contributed by atoms with van der Waals surface area (Å²) >= 11 is 0. The lowest BCUT2D eigenvalue weighted by molar-refractivity contribution is 0.143. The van der Waals surface area contributed by atoms with Gasteiger partial charge in [0.25, 0.3) is 0 Å². The number of guanidine groups is 1. The molecule has 0 spiro atoms. The molecule has 0 saturated heterocycles. The van der Waals surface area contributed by atoms with Crippen LogP contribution in [0, 0.1) is 5.82 Å². The van der Waals surface area contributed by atoms with E-state index in [-0.39, 0.29) is 5.82 Å². The fraction of sp³-hybridized carbons (Fsp3) is 0.400. The largest absolute Gasteiger partial charge is 0.475 e. The maximum Gasteiger partial charge on any atom is 0.213 e. The summed E-state index contributed by atoms with van der Waals surface area (Å²) < 4.78 is 23.8. The molecule has 0 fully saturated rings. The van der Waals surface area contributed by atoms with Gasteiger partial charge < -0.3 is 19.7 Å². The van der Waals surface area contributed by atoms with Crippen molar-refractivity contribution in [2.24, 2.45) is 4.99 Å². The standard InChI is InChI=1S/C20H27FN4O2/c1-4-22-20(25(2)15-16-6-5-7-18(21)12-16)24-14-17-8-9-19(23-13-17)27-11-10-26-3/h5-9,12-13H,4,10-11,14-15H2,1-3H3,(H,22,24). The summed E-state index contributed by atoms with van der Waals surface area (Å²) in [5, 5.41) is 3.26. The Labute approximate surface area is 160 Å². The topological polar surface area (TPSA) is 59.0 Å². The highest BCUT2D eigenvalue weighted by molar-refractivity contribution is 5.79. The van der Waals surface area contributed by atoms with E-state index in [4.69, 9.17) is 9.47 Å². The van der Waals surface area contributed by atoms with Gasteiger partial charge in [-0.05, 0) is 30.2 Å². The van der Waals surface area contributed by atoms with Crippen LogP contribution in [-0.4, -0.2) is 49.8 Å². The first-order valence-corrected chi connectivity index (χ1v) is 8.93. The molecule has 0 amide bonds. The Bertz CT molecular complexity index is 722. The molecule has 0 aliphatic rings. The van der Waals surface area contributed by atoms with Crippen LogP contribution in [0.5, 0.6) is 5.88 Å². The summed E-state index contributed by atoms with van der Waals surface area (Å²) in [6.07, 6.45) is 1.75. The third kappa shape index (κ3) is 7.22. The number of nitrogens with one attached hydrogen (secondary N) is 1. The minimum absolute atomic E-state index is 0.235. The lowest BCUT2D eigenvalue weighted by Gasteiger charge is -2.22. The Kier molecular flexibility index (Phi) is 8.51. The van der Waals surface area contributed by atoms with Crippen LogP contribution in [0.3, 0.4) is 0 Å². The van der Waals surface area contributed by atoms with Crippen molar-refractivity contribution in [3.05, 3.63) is 59.5 Å². The first-order valence-electron chi connectivity index (χ1n) is 8.93. The fourth-order valence-corrected chi connectivity index (χ4v) is 2.44. The molecule has 7 heteroatoms. The molecule has 0 aliphatic heterocycles. The molecule has 2 rings (SSSR count). The van der Waals surface area contributed by atoms with Crippen molar-refractivity contribution in [3.63, 3.8) is 0 Å². The highest BCUT2D eigenvalue weighted by Gasteiger charge is 2.07. The number of hydrogen-bond acceptors (Lipinski definition) is 4. The fourth-order valence-electron chi connectivity index (χ4n) is 2.44. The summed E-state index contributed by atoms with van der Waals surface area (Å²) in [5.74, 6) is 1.08. The molecule has 1 aromatic carbocycles. The maximum absolute atomic E-state index is 13.4. The van der Waals surface area contributed by atoms with E-state index in [9.17, 15) is 4.39 Å². The number of nitrogens with zero attached hydrogens (tertiary/aromatic N) is 3. The van der Waals surface area contributed by atoms with E-state index in [2.05, 4.69) is 15.3 Å². The number of benzene rings is 1. The van der Waals surface area contributed by atoms with Crippen molar-refractivity contribution in [3.8, 4) is 5.88 Å². The molecule has 0 atom stereocenters. The van der Waals surface area contributed by atoms with Gasteiger partial charge >= 0.3 is 0 Å². The monoisotopic (exact) mass is 374 g/mol. The summed E-state index contributed by atoms with van der Waals surface area (Å²) in [4.78, 5) is 10.9. The predicted octanol–water partition coefficient (Wildman–Crippen LogP) is 2.84. The summed E-state index contributed by atoms with van der Waals surface area (Å²) in [6.45, 7) is 4.80. The number of halogens is 1. The minimum atomic E-state index is -0.235. The molecule has 0 bridgehead atoms. The van der Waals surface area contributed by atoms with Crippen molar-refractivity contribution in [2.75, 3.05) is 33.9 Å². The average molecular weight is 374 g/mol. The van der Waals surface area contributed by atoms with Gasteiger partial charge in [0.2, 0.25) is 5.88 Å². The van der Waals surface area contributed by atoms with Gasteiger partial charge in [0.05, 0.1) is 13.2 Å². The zero-order valence-corrected chi connectivity index (χ0v) is 16.1. The SMILES string of the molecule is CCNC(=NCc1ccc(OCCOC)nc1)N(C)Cc1cccc(F)c1. The van der Waals surface area contributed by atoms with Crippen molar-refractivity contribution >= 4 is 5.96 Å². The van der Waals surface area contributed by atoms with Crippen LogP contribution in [0.25, 0.3) is 0 Å². The molecular weight excluding hydrogens is 347 g/mol. The Hall–Kier alpha value is -2.67. The number of aromatic nitrogens is 1. The van der Waals surface area contributed by atoms with Crippen LogP contribution in [0.1, 0.15) is 18.1 Å². The van der Waals surface area contributed by atoms with Crippen LogP contribution in [0.15, 0.2) is 47.6 Å². The Morgan fingerprint density at radius 1 is 1.22 bits per heavy atom. The normalized spacial score (nSPS) is 11.3. The smallest absolute Gasteiger partial charge is 0.213 e. The Morgan fingerprint density at radius 3 is 2.74 bits per heavy atom. The zero-order valence-electron chi connectivity index (χ0n) is 16.1. The van der Waals surface area contributed by atoms with Gasteiger partial charge in [-0.1, -0.05) is 18.2 Å². The van der Waals surface area contributed by atoms with E-state index in [1.54, 1.807) is 19.4 Å². The van der Waals surface area contributed by atoms with E-state index in [0.717, 1.165) is 23.6 Å². The Balaban J connectivity index is 1.97. The van der Waals surface area contributed by atoms with E-state index < -0.39 is 0 Å². The van der Waals surface area contributed by atoms with Crippen molar-refractivity contribution in [1.29, 1.82) is 0 Å². The molecule has 1 aromatic heterocycles. The van der Waals surface area contributed by atoms with E-state index >= 15 is 0 Å². The van der Waals surface area contributed by atoms with Crippen LogP contribution in [0.4, 0.5) is 4.39 Å². The summed E-state index contributed by atoms with van der Waals surface area (Å²) in [6, 6.07) is 10.4. The summed E-state index contributed by atoms with van der Waals surface area (Å²) in [7, 11) is 3.56. The Morgan fingerprint density at radius 2 is 2.07 bits per heavy atom. The molecule has 0 radical (unpaired) electrons. The van der Waals surface area contributed by atoms with Crippen molar-refractivity contribution < 1.29 is 13.9 Å². The van der Waals surface area contributed by atoms with E-state index in [0.29, 0.717) is 32.2 Å². The van der Waals surface area contributed by atoms with Gasteiger partial charge in [0, 0.05) is 39.5 Å². The first kappa shape index (κ1) is 20.6. The second-order valence-corrected chi connectivity index (χ2v) is 6.00. The molecule has 0 aliphatic carbocycles. The van der Waals surface area contributed by atoms with Crippen LogP contribution in [0.2, 0.25) is 0 Å². The second-order valence-electron chi connectivity index (χ2n) is 6.00. The number of methoxy groups -OCH3 is 1. The molecule has 0 saturated carbocycles. The number of hydrogen-bond donors (Lipinski definition) is 1. The lowest BCUT2D eigenvalue weighted by atomic mass is 10.2. The molecule has 27 heavy (non-hydrogen) atoms. The van der Waals surface area contributed by atoms with Gasteiger partial charge in [-0.15, -0.1) is 0 Å². The molecule has 6 nitrogen and oxygen atoms in total. The van der Waals surface area contributed by atoms with Crippen LogP contribution in [-0.2, 0) is 17.8 Å². The van der Waals surface area contributed by atoms with Gasteiger partial charge in [-0.2, -0.15) is 0 Å². The van der Waals surface area contributed by atoms with Gasteiger partial charge in [0.1, 0.15) is 12.4 Å². The average Bonchev–Trinajstić information content (AvgIpc) is 2.66. The maximum atomic E-state index is 13.4. The molecule has 146 valence electrons. The number of rotatable bonds is 9. The molecule has 0 unspecified atom stereocenters. The van der Waals surface area contributed by atoms with E-state index in [1.807, 2.05) is 37.1 Å². The highest BCUT2D eigenvalue weighted by atomic mass is 19.1. The van der Waals surface area contributed by atoms with Gasteiger partial charge in [-0.25, -0.2) is 14.4 Å². The van der Waals surface area contributed by atoms with Crippen molar-refractivity contribution in [2.45, 2.75) is 20.0 Å². The lowest BCUT2D eigenvalue weighted by Crippen LogP contribution is -2.38. The molecule has 1 N–H and O–H groups in total. The highest BCUT2D eigenvalue weighted by Crippen LogP contribution is 2.10. The van der Waals surface area contributed by atoms with Crippen LogP contribution >= 0.6 is 0 Å². The quantitative estimate of drug-likeness (QED) is 0.416. The second kappa shape index (κ2) is 11.1. The third-order valence-corrected chi connectivity index (χ3v) is 3.75. The number of ether oxygens (including phenoxy) is 2. The first-order chi connectivity index (χ1) is 13.1. The zero-order chi connectivity index (χ0) is 19.5. The van der Waals surface area contributed by atoms with Gasteiger partial charge in [0.15, 0.2) is 5.96 Å². The summed E-state index contributed by atoms with van der Waals surface area (Å²) in [5.41, 5.74) is 1.87. The predicted molar refractivity (Wildman–Crippen MR) is 104 cm³/mol. The van der Waals surface area contributed by atoms with Crippen LogP contribution < -0.4 is 10.1 Å². The number of pyridine rings is 1. The van der Waals surface area contributed by atoms with E-state index in [1.165, 1.54) is 12.1 Å². The molecular formula is C20H27FN4O2.